The molecule has 2 aliphatic heterocycles. The normalized spacial score (nSPS) is 31.4. The summed E-state index contributed by atoms with van der Waals surface area (Å²) in [5, 5.41) is 0. The standard InChI is InChI=1S/CH2O3.H2O4S.Pb/c2-1(3)4;1-5(2,3)4;/h(H2,2,3,4);(H2,1,2,3,4);/q;;+4/p-4. The molecule has 0 saturated carbocycles. The van der Waals surface area contributed by atoms with Gasteiger partial charge >= 0.3 is 62.4 Å². The summed E-state index contributed by atoms with van der Waals surface area (Å²) >= 11 is -4.23. The monoisotopic (exact) mass is 364 g/mol. The van der Waals surface area contributed by atoms with Gasteiger partial charge in [-0.15, -0.1) is 0 Å². The second-order valence-corrected chi connectivity index (χ2v) is 12.0. The van der Waals surface area contributed by atoms with Crippen LogP contribution in [0.2, 0.25) is 0 Å². The van der Waals surface area contributed by atoms with Crippen molar-refractivity contribution in [2.75, 3.05) is 0 Å². The van der Waals surface area contributed by atoms with Crippen LogP contribution in [0.25, 0.3) is 0 Å². The van der Waals surface area contributed by atoms with Crippen LogP contribution < -0.4 is 0 Å². The van der Waals surface area contributed by atoms with Crippen molar-refractivity contribution in [2.24, 2.45) is 0 Å². The zero-order chi connectivity index (χ0) is 7.41. The zero-order valence-electron chi connectivity index (χ0n) is 4.27. The Bertz CT molecular complexity index is 267. The fraction of sp³-hybridized carbons (Fsp3) is 0. The molecule has 0 amide bonds. The summed E-state index contributed by atoms with van der Waals surface area (Å²) in [6.07, 6.45) is -0.934. The summed E-state index contributed by atoms with van der Waals surface area (Å²) in [6, 6.07) is 0. The molecule has 0 bridgehead atoms. The van der Waals surface area contributed by atoms with Crippen LogP contribution in [0.5, 0.6) is 0 Å². The van der Waals surface area contributed by atoms with Gasteiger partial charge in [-0.25, -0.2) is 0 Å². The summed E-state index contributed by atoms with van der Waals surface area (Å²) in [5.41, 5.74) is 0. The van der Waals surface area contributed by atoms with E-state index in [0.29, 0.717) is 0 Å². The quantitative estimate of drug-likeness (QED) is 0.504. The van der Waals surface area contributed by atoms with Crippen molar-refractivity contribution in [1.82, 2.24) is 0 Å². The molecule has 2 fully saturated rings. The fourth-order valence-electron chi connectivity index (χ4n) is 0.536. The van der Waals surface area contributed by atoms with Crippen molar-refractivity contribution in [2.45, 2.75) is 0 Å². The van der Waals surface area contributed by atoms with Gasteiger partial charge in [0.1, 0.15) is 0 Å². The first kappa shape index (κ1) is 6.75. The van der Waals surface area contributed by atoms with Crippen molar-refractivity contribution in [1.29, 1.82) is 0 Å². The van der Waals surface area contributed by atoms with Crippen LogP contribution in [-0.2, 0) is 20.0 Å². The Morgan fingerprint density at radius 1 is 1.20 bits per heavy atom. The third-order valence-electron chi connectivity index (χ3n) is 0.825. The number of carbonyl (C=O) groups is 1. The van der Waals surface area contributed by atoms with E-state index in [1.54, 1.807) is 0 Å². The Labute approximate surface area is 62.4 Å². The Morgan fingerprint density at radius 3 is 2.00 bits per heavy atom. The molecular weight excluding hydrogens is 363 g/mol. The van der Waals surface area contributed by atoms with Gasteiger partial charge in [-0.05, 0) is 0 Å². The first-order chi connectivity index (χ1) is 4.52. The summed E-state index contributed by atoms with van der Waals surface area (Å²) < 4.78 is 37.0. The molecule has 0 N–H and O–H groups in total. The average Bonchev–Trinajstić information content (AvgIpc) is 1.55. The van der Waals surface area contributed by atoms with E-state index in [1.165, 1.54) is 0 Å². The van der Waals surface area contributed by atoms with Crippen molar-refractivity contribution in [3.63, 3.8) is 0 Å². The van der Waals surface area contributed by atoms with Gasteiger partial charge in [-0.2, -0.15) is 0 Å². The van der Waals surface area contributed by atoms with Crippen LogP contribution in [0.1, 0.15) is 0 Å². The molecule has 0 aromatic carbocycles. The Kier molecular flexibility index (Phi) is 1.09. The van der Waals surface area contributed by atoms with E-state index in [2.05, 4.69) is 9.64 Å². The molecule has 0 radical (unpaired) electrons. The Morgan fingerprint density at radius 2 is 1.70 bits per heavy atom. The SMILES string of the molecule is O=C1[O][Pb]2([O]1)[O]S(=O)(=O)[O]2. The summed E-state index contributed by atoms with van der Waals surface area (Å²) in [5.74, 6) is 0. The molecule has 9 heteroatoms. The molecule has 10 heavy (non-hydrogen) atoms. The van der Waals surface area contributed by atoms with E-state index in [4.69, 9.17) is 0 Å². The minimum absolute atomic E-state index is 0.934. The van der Waals surface area contributed by atoms with Crippen LogP contribution >= 0.6 is 0 Å². The predicted molar refractivity (Wildman–Crippen MR) is 24.4 cm³/mol. The summed E-state index contributed by atoms with van der Waals surface area (Å²) in [4.78, 5) is 9.98. The van der Waals surface area contributed by atoms with E-state index in [-0.39, 0.29) is 0 Å². The minimum atomic E-state index is -4.23. The number of hydrogen-bond donors (Lipinski definition) is 0. The van der Waals surface area contributed by atoms with Gasteiger partial charge in [0, 0.05) is 0 Å². The molecule has 2 heterocycles. The van der Waals surface area contributed by atoms with E-state index in [9.17, 15) is 13.2 Å². The molecule has 0 aromatic heterocycles. The molecule has 0 unspecified atom stereocenters. The summed E-state index contributed by atoms with van der Waals surface area (Å²) in [7, 11) is -3.88. The molecule has 2 saturated heterocycles. The van der Waals surface area contributed by atoms with Crippen molar-refractivity contribution >= 4 is 39.5 Å². The van der Waals surface area contributed by atoms with E-state index < -0.39 is 39.5 Å². The number of hydrogen-bond acceptors (Lipinski definition) is 7. The van der Waals surface area contributed by atoms with Gasteiger partial charge < -0.3 is 0 Å². The molecule has 2 aliphatic rings. The molecular formula is CO7PbS. The zero-order valence-corrected chi connectivity index (χ0v) is 8.97. The molecule has 0 atom stereocenters. The number of carbonyl (C=O) groups excluding carboxylic acids is 1. The van der Waals surface area contributed by atoms with Crippen molar-refractivity contribution < 1.29 is 22.9 Å². The average molecular weight is 363 g/mol. The van der Waals surface area contributed by atoms with E-state index in [0.717, 1.165) is 0 Å². The molecule has 2 rings (SSSR count). The van der Waals surface area contributed by atoms with Crippen LogP contribution in [0.4, 0.5) is 4.79 Å². The van der Waals surface area contributed by atoms with Gasteiger partial charge in [-0.3, -0.25) is 0 Å². The maximum absolute atomic E-state index is 10.1. The third kappa shape index (κ3) is 0.826. The second kappa shape index (κ2) is 1.62. The molecule has 0 aliphatic carbocycles. The van der Waals surface area contributed by atoms with E-state index in [1.807, 2.05) is 0 Å². The topological polar surface area (TPSA) is 88.1 Å². The summed E-state index contributed by atoms with van der Waals surface area (Å²) in [6.45, 7) is 0. The molecule has 1 spiro atoms. The van der Waals surface area contributed by atoms with Crippen molar-refractivity contribution in [3.05, 3.63) is 0 Å². The first-order valence-corrected chi connectivity index (χ1v) is 9.78. The third-order valence-corrected chi connectivity index (χ3v) is 14.4. The van der Waals surface area contributed by atoms with Gasteiger partial charge in [0.05, 0.1) is 0 Å². The van der Waals surface area contributed by atoms with Gasteiger partial charge in [-0.1, -0.05) is 0 Å². The van der Waals surface area contributed by atoms with Gasteiger partial charge in [0.25, 0.3) is 0 Å². The Balaban J connectivity index is 2.09. The van der Waals surface area contributed by atoms with Crippen LogP contribution in [0.15, 0.2) is 0 Å². The molecule has 0 aromatic rings. The van der Waals surface area contributed by atoms with E-state index >= 15 is 0 Å². The van der Waals surface area contributed by atoms with Gasteiger partial charge in [0.2, 0.25) is 0 Å². The molecule has 7 nitrogen and oxygen atoms in total. The number of rotatable bonds is 0. The maximum atomic E-state index is 10.1. The Hall–Kier alpha value is 0.0621. The van der Waals surface area contributed by atoms with Crippen LogP contribution in [0, 0.1) is 0 Å². The molecule has 56 valence electrons. The predicted octanol–water partition coefficient (Wildman–Crippen LogP) is -1.12. The second-order valence-electron chi connectivity index (χ2n) is 1.53. The first-order valence-electron chi connectivity index (χ1n) is 2.10. The van der Waals surface area contributed by atoms with Crippen LogP contribution in [-0.4, -0.2) is 37.6 Å². The van der Waals surface area contributed by atoms with Gasteiger partial charge in [0.15, 0.2) is 0 Å². The fourth-order valence-corrected chi connectivity index (χ4v) is 10.4. The van der Waals surface area contributed by atoms with Crippen LogP contribution in [0.3, 0.4) is 0 Å². The van der Waals surface area contributed by atoms with Crippen molar-refractivity contribution in [3.8, 4) is 0 Å².